The lowest BCUT2D eigenvalue weighted by molar-refractivity contribution is -0.135. The van der Waals surface area contributed by atoms with Gasteiger partial charge >= 0.3 is 0 Å². The van der Waals surface area contributed by atoms with Crippen LogP contribution in [0.4, 0.5) is 0 Å². The highest BCUT2D eigenvalue weighted by Gasteiger charge is 2.36. The Labute approximate surface area is 92.0 Å². The van der Waals surface area contributed by atoms with Crippen LogP contribution >= 0.6 is 0 Å². The van der Waals surface area contributed by atoms with Gasteiger partial charge in [0, 0.05) is 19.0 Å². The van der Waals surface area contributed by atoms with Crippen molar-refractivity contribution in [2.45, 2.75) is 32.6 Å². The van der Waals surface area contributed by atoms with Crippen LogP contribution in [0.1, 0.15) is 32.6 Å². The molecular weight excluding hydrogens is 188 g/mol. The molecule has 2 aliphatic rings. The van der Waals surface area contributed by atoms with Gasteiger partial charge in [-0.1, -0.05) is 13.3 Å². The second-order valence-electron chi connectivity index (χ2n) is 5.21. The maximum atomic E-state index is 12.2. The summed E-state index contributed by atoms with van der Waals surface area (Å²) in [6.45, 7) is 4.84. The Morgan fingerprint density at radius 3 is 2.80 bits per heavy atom. The molecule has 2 rings (SSSR count). The van der Waals surface area contributed by atoms with Crippen LogP contribution < -0.4 is 5.73 Å². The number of nitrogens with zero attached hydrogens (tertiary/aromatic N) is 1. The average Bonchev–Trinajstić information content (AvgIpc) is 2.84. The van der Waals surface area contributed by atoms with Crippen molar-refractivity contribution in [3.63, 3.8) is 0 Å². The third kappa shape index (κ3) is 2.17. The second kappa shape index (κ2) is 4.52. The number of nitrogens with two attached hydrogens (primary N) is 1. The molecule has 0 aromatic heterocycles. The first-order valence-electron chi connectivity index (χ1n) is 6.21. The van der Waals surface area contributed by atoms with E-state index in [1.165, 1.54) is 12.8 Å². The molecule has 3 heteroatoms. The minimum atomic E-state index is 0.236. The van der Waals surface area contributed by atoms with E-state index in [1.807, 2.05) is 0 Å². The van der Waals surface area contributed by atoms with E-state index in [0.29, 0.717) is 24.3 Å². The topological polar surface area (TPSA) is 46.3 Å². The largest absolute Gasteiger partial charge is 0.342 e. The summed E-state index contributed by atoms with van der Waals surface area (Å²) >= 11 is 0. The zero-order valence-corrected chi connectivity index (χ0v) is 9.61. The van der Waals surface area contributed by atoms with E-state index < -0.39 is 0 Å². The first-order valence-corrected chi connectivity index (χ1v) is 6.21. The molecule has 15 heavy (non-hydrogen) atoms. The van der Waals surface area contributed by atoms with Gasteiger partial charge in [-0.05, 0) is 37.6 Å². The maximum absolute atomic E-state index is 12.2. The summed E-state index contributed by atoms with van der Waals surface area (Å²) in [7, 11) is 0. The van der Waals surface area contributed by atoms with Crippen molar-refractivity contribution < 1.29 is 4.79 Å². The Morgan fingerprint density at radius 2 is 2.20 bits per heavy atom. The molecule has 1 amide bonds. The van der Waals surface area contributed by atoms with E-state index in [9.17, 15) is 4.79 Å². The Morgan fingerprint density at radius 1 is 1.40 bits per heavy atom. The van der Waals surface area contributed by atoms with Crippen LogP contribution in [0.5, 0.6) is 0 Å². The molecule has 0 radical (unpaired) electrons. The molecular formula is C12H22N2O. The van der Waals surface area contributed by atoms with Crippen LogP contribution in [-0.4, -0.2) is 30.4 Å². The molecule has 0 spiro atoms. The van der Waals surface area contributed by atoms with E-state index in [2.05, 4.69) is 11.8 Å². The predicted molar refractivity (Wildman–Crippen MR) is 60.2 cm³/mol. The minimum absolute atomic E-state index is 0.236. The van der Waals surface area contributed by atoms with Gasteiger partial charge in [0.05, 0.1) is 0 Å². The summed E-state index contributed by atoms with van der Waals surface area (Å²) < 4.78 is 0. The van der Waals surface area contributed by atoms with Crippen molar-refractivity contribution in [2.75, 3.05) is 19.6 Å². The molecule has 2 fully saturated rings. The number of carbonyl (C=O) groups excluding carboxylic acids is 1. The third-order valence-electron chi connectivity index (χ3n) is 4.01. The summed E-state index contributed by atoms with van der Waals surface area (Å²) in [5, 5.41) is 0. The Hall–Kier alpha value is -0.570. The van der Waals surface area contributed by atoms with Gasteiger partial charge in [0.15, 0.2) is 0 Å². The summed E-state index contributed by atoms with van der Waals surface area (Å²) in [5.74, 6) is 1.76. The molecule has 0 aromatic rings. The number of likely N-dealkylation sites (tertiary alicyclic amines) is 1. The Bertz CT molecular complexity index is 242. The molecule has 0 aromatic carbocycles. The van der Waals surface area contributed by atoms with E-state index in [1.54, 1.807) is 0 Å². The van der Waals surface area contributed by atoms with Crippen molar-refractivity contribution in [1.29, 1.82) is 0 Å². The van der Waals surface area contributed by atoms with Crippen molar-refractivity contribution >= 4 is 5.91 Å². The lowest BCUT2D eigenvalue weighted by Gasteiger charge is -2.24. The SMILES string of the molecule is CC1CCN(C(=O)[C@@H]2CCC[C@@H]2CN)C1. The number of carbonyl (C=O) groups is 1. The van der Waals surface area contributed by atoms with E-state index in [-0.39, 0.29) is 5.92 Å². The molecule has 1 saturated carbocycles. The molecule has 1 aliphatic carbocycles. The average molecular weight is 210 g/mol. The zero-order chi connectivity index (χ0) is 10.8. The smallest absolute Gasteiger partial charge is 0.226 e. The molecule has 0 bridgehead atoms. The van der Waals surface area contributed by atoms with Crippen LogP contribution in [0.25, 0.3) is 0 Å². The molecule has 3 nitrogen and oxygen atoms in total. The predicted octanol–water partition coefficient (Wildman–Crippen LogP) is 1.23. The summed E-state index contributed by atoms with van der Waals surface area (Å²) in [6.07, 6.45) is 4.56. The fourth-order valence-corrected chi connectivity index (χ4v) is 3.01. The summed E-state index contributed by atoms with van der Waals surface area (Å²) in [4.78, 5) is 14.3. The van der Waals surface area contributed by atoms with Gasteiger partial charge in [0.1, 0.15) is 0 Å². The quantitative estimate of drug-likeness (QED) is 0.745. The van der Waals surface area contributed by atoms with Crippen molar-refractivity contribution in [1.82, 2.24) is 4.90 Å². The highest BCUT2D eigenvalue weighted by Crippen LogP contribution is 2.33. The Balaban J connectivity index is 1.95. The van der Waals surface area contributed by atoms with Gasteiger partial charge in [-0.15, -0.1) is 0 Å². The third-order valence-corrected chi connectivity index (χ3v) is 4.01. The highest BCUT2D eigenvalue weighted by atomic mass is 16.2. The summed E-state index contributed by atoms with van der Waals surface area (Å²) in [5.41, 5.74) is 5.72. The van der Waals surface area contributed by atoms with E-state index in [0.717, 1.165) is 25.9 Å². The van der Waals surface area contributed by atoms with Gasteiger partial charge in [0.2, 0.25) is 5.91 Å². The monoisotopic (exact) mass is 210 g/mol. The molecule has 1 aliphatic heterocycles. The van der Waals surface area contributed by atoms with Crippen LogP contribution in [-0.2, 0) is 4.79 Å². The second-order valence-corrected chi connectivity index (χ2v) is 5.21. The fourth-order valence-electron chi connectivity index (χ4n) is 3.01. The van der Waals surface area contributed by atoms with Gasteiger partial charge in [-0.3, -0.25) is 4.79 Å². The van der Waals surface area contributed by atoms with Crippen LogP contribution in [0.15, 0.2) is 0 Å². The maximum Gasteiger partial charge on any atom is 0.226 e. The fraction of sp³-hybridized carbons (Fsp3) is 0.917. The molecule has 1 unspecified atom stereocenters. The lowest BCUT2D eigenvalue weighted by atomic mass is 9.95. The van der Waals surface area contributed by atoms with E-state index >= 15 is 0 Å². The van der Waals surface area contributed by atoms with Crippen LogP contribution in [0.2, 0.25) is 0 Å². The first-order chi connectivity index (χ1) is 7.22. The molecule has 86 valence electrons. The summed E-state index contributed by atoms with van der Waals surface area (Å²) in [6, 6.07) is 0. The molecule has 1 saturated heterocycles. The first kappa shape index (κ1) is 10.9. The lowest BCUT2D eigenvalue weighted by Crippen LogP contribution is -2.37. The molecule has 1 heterocycles. The number of amides is 1. The van der Waals surface area contributed by atoms with Crippen molar-refractivity contribution in [2.24, 2.45) is 23.5 Å². The van der Waals surface area contributed by atoms with Crippen LogP contribution in [0, 0.1) is 17.8 Å². The number of hydrogen-bond acceptors (Lipinski definition) is 2. The number of hydrogen-bond donors (Lipinski definition) is 1. The van der Waals surface area contributed by atoms with Crippen molar-refractivity contribution in [3.8, 4) is 0 Å². The van der Waals surface area contributed by atoms with Gasteiger partial charge in [-0.25, -0.2) is 0 Å². The minimum Gasteiger partial charge on any atom is -0.342 e. The normalized spacial score (nSPS) is 36.1. The number of rotatable bonds is 2. The highest BCUT2D eigenvalue weighted by molar-refractivity contribution is 5.79. The molecule has 3 atom stereocenters. The van der Waals surface area contributed by atoms with Crippen molar-refractivity contribution in [3.05, 3.63) is 0 Å². The standard InChI is InChI=1S/C12H22N2O/c1-9-5-6-14(8-9)12(15)11-4-2-3-10(11)7-13/h9-11H,2-8,13H2,1H3/t9?,10-,11-/m1/s1. The van der Waals surface area contributed by atoms with Gasteiger partial charge in [-0.2, -0.15) is 0 Å². The van der Waals surface area contributed by atoms with E-state index in [4.69, 9.17) is 5.73 Å². The van der Waals surface area contributed by atoms with Crippen LogP contribution in [0.3, 0.4) is 0 Å². The van der Waals surface area contributed by atoms with Gasteiger partial charge < -0.3 is 10.6 Å². The zero-order valence-electron chi connectivity index (χ0n) is 9.61. The Kier molecular flexibility index (Phi) is 3.29. The molecule has 2 N–H and O–H groups in total. The van der Waals surface area contributed by atoms with Gasteiger partial charge in [0.25, 0.3) is 0 Å².